The van der Waals surface area contributed by atoms with Crippen molar-refractivity contribution in [3.05, 3.63) is 41.5 Å². The first-order valence-electron chi connectivity index (χ1n) is 3.89. The monoisotopic (exact) mass is 198 g/mol. The van der Waals surface area contributed by atoms with Gasteiger partial charge in [0.25, 0.3) is 6.43 Å². The molecule has 0 aromatic heterocycles. The van der Waals surface area contributed by atoms with Gasteiger partial charge in [-0.05, 0) is 11.6 Å². The van der Waals surface area contributed by atoms with Crippen molar-refractivity contribution in [2.24, 2.45) is 0 Å². The molecule has 1 aromatic rings. The summed E-state index contributed by atoms with van der Waals surface area (Å²) in [7, 11) is 0. The van der Waals surface area contributed by atoms with Gasteiger partial charge in [0.2, 0.25) is 0 Å². The van der Waals surface area contributed by atoms with Crippen LogP contribution in [0.5, 0.6) is 0 Å². The summed E-state index contributed by atoms with van der Waals surface area (Å²) in [4.78, 5) is 10.4. The lowest BCUT2D eigenvalue weighted by molar-refractivity contribution is -0.133. The van der Waals surface area contributed by atoms with E-state index in [0.717, 1.165) is 6.08 Å². The van der Waals surface area contributed by atoms with Gasteiger partial charge in [-0.2, -0.15) is 0 Å². The standard InChI is InChI=1S/C10H8F2O2/c11-9(12)8(10(13)14)6-7-4-2-1-3-5-7/h1-6,9H,(H,13,14). The SMILES string of the molecule is O=C(O)C(=Cc1ccccc1)C(F)F. The third-order valence-electron chi connectivity index (χ3n) is 1.60. The molecule has 1 rings (SSSR count). The second-order valence-corrected chi connectivity index (χ2v) is 2.62. The van der Waals surface area contributed by atoms with Crippen LogP contribution in [0.25, 0.3) is 6.08 Å². The molecule has 0 amide bonds. The first-order valence-corrected chi connectivity index (χ1v) is 3.89. The number of rotatable bonds is 3. The molecule has 0 bridgehead atoms. The average molecular weight is 198 g/mol. The van der Waals surface area contributed by atoms with Crippen LogP contribution in [-0.4, -0.2) is 17.5 Å². The molecule has 0 unspecified atom stereocenters. The number of carbonyl (C=O) groups is 1. The van der Waals surface area contributed by atoms with Crippen molar-refractivity contribution >= 4 is 12.0 Å². The Bertz CT molecular complexity index is 344. The molecule has 2 nitrogen and oxygen atoms in total. The van der Waals surface area contributed by atoms with Crippen LogP contribution in [0.15, 0.2) is 35.9 Å². The fraction of sp³-hybridized carbons (Fsp3) is 0.100. The zero-order valence-corrected chi connectivity index (χ0v) is 7.15. The Morgan fingerprint density at radius 1 is 1.29 bits per heavy atom. The van der Waals surface area contributed by atoms with Crippen molar-refractivity contribution in [2.75, 3.05) is 0 Å². The summed E-state index contributed by atoms with van der Waals surface area (Å²) in [5, 5.41) is 8.46. The van der Waals surface area contributed by atoms with Crippen LogP contribution in [0.2, 0.25) is 0 Å². The second kappa shape index (κ2) is 4.50. The maximum absolute atomic E-state index is 12.2. The van der Waals surface area contributed by atoms with Gasteiger partial charge in [-0.25, -0.2) is 13.6 Å². The van der Waals surface area contributed by atoms with E-state index in [1.165, 1.54) is 0 Å². The molecule has 1 N–H and O–H groups in total. The topological polar surface area (TPSA) is 37.3 Å². The molecule has 0 spiro atoms. The van der Waals surface area contributed by atoms with Gasteiger partial charge in [-0.1, -0.05) is 30.3 Å². The van der Waals surface area contributed by atoms with E-state index in [9.17, 15) is 13.6 Å². The van der Waals surface area contributed by atoms with Gasteiger partial charge in [0, 0.05) is 0 Å². The van der Waals surface area contributed by atoms with Crippen LogP contribution in [0, 0.1) is 0 Å². The highest BCUT2D eigenvalue weighted by molar-refractivity contribution is 5.92. The van der Waals surface area contributed by atoms with E-state index in [4.69, 9.17) is 5.11 Å². The van der Waals surface area contributed by atoms with E-state index in [0.29, 0.717) is 5.56 Å². The van der Waals surface area contributed by atoms with Gasteiger partial charge in [0.05, 0.1) is 0 Å². The number of hydrogen-bond acceptors (Lipinski definition) is 1. The highest BCUT2D eigenvalue weighted by atomic mass is 19.3. The number of aliphatic carboxylic acids is 1. The number of alkyl halides is 2. The third-order valence-corrected chi connectivity index (χ3v) is 1.60. The highest BCUT2D eigenvalue weighted by Gasteiger charge is 2.18. The van der Waals surface area contributed by atoms with E-state index < -0.39 is 18.0 Å². The van der Waals surface area contributed by atoms with Gasteiger partial charge in [-0.15, -0.1) is 0 Å². The van der Waals surface area contributed by atoms with Crippen molar-refractivity contribution in [1.29, 1.82) is 0 Å². The van der Waals surface area contributed by atoms with Crippen molar-refractivity contribution in [3.8, 4) is 0 Å². The summed E-state index contributed by atoms with van der Waals surface area (Å²) in [6.45, 7) is 0. The number of carboxylic acid groups (broad SMARTS) is 1. The minimum absolute atomic E-state index is 0.449. The van der Waals surface area contributed by atoms with Gasteiger partial charge < -0.3 is 5.11 Å². The van der Waals surface area contributed by atoms with Crippen LogP contribution >= 0.6 is 0 Å². The molecular formula is C10H8F2O2. The number of carboxylic acids is 1. The van der Waals surface area contributed by atoms with Gasteiger partial charge in [-0.3, -0.25) is 0 Å². The smallest absolute Gasteiger partial charge is 0.337 e. The maximum Gasteiger partial charge on any atom is 0.337 e. The van der Waals surface area contributed by atoms with E-state index in [-0.39, 0.29) is 0 Å². The Labute approximate surface area is 79.5 Å². The lowest BCUT2D eigenvalue weighted by Gasteiger charge is -1.99. The maximum atomic E-state index is 12.2. The molecule has 0 fully saturated rings. The number of halogens is 2. The van der Waals surface area contributed by atoms with E-state index in [1.54, 1.807) is 30.3 Å². The fourth-order valence-electron chi connectivity index (χ4n) is 0.947. The third kappa shape index (κ3) is 2.65. The number of benzene rings is 1. The number of hydrogen-bond donors (Lipinski definition) is 1. The molecule has 0 aliphatic rings. The Hall–Kier alpha value is -1.71. The van der Waals surface area contributed by atoms with Gasteiger partial charge in [0.15, 0.2) is 0 Å². The van der Waals surface area contributed by atoms with Crippen molar-refractivity contribution in [3.63, 3.8) is 0 Å². The van der Waals surface area contributed by atoms with Crippen molar-refractivity contribution in [1.82, 2.24) is 0 Å². The first-order chi connectivity index (χ1) is 6.61. The molecule has 0 heterocycles. The molecule has 0 radical (unpaired) electrons. The fourth-order valence-corrected chi connectivity index (χ4v) is 0.947. The van der Waals surface area contributed by atoms with Crippen LogP contribution in [0.3, 0.4) is 0 Å². The molecule has 14 heavy (non-hydrogen) atoms. The van der Waals surface area contributed by atoms with Crippen molar-refractivity contribution in [2.45, 2.75) is 6.43 Å². The van der Waals surface area contributed by atoms with Crippen LogP contribution < -0.4 is 0 Å². The highest BCUT2D eigenvalue weighted by Crippen LogP contribution is 2.13. The predicted molar refractivity (Wildman–Crippen MR) is 48.1 cm³/mol. The molecule has 0 saturated carbocycles. The Kier molecular flexibility index (Phi) is 3.34. The summed E-state index contributed by atoms with van der Waals surface area (Å²) in [5.74, 6) is -1.59. The molecular weight excluding hydrogens is 190 g/mol. The zero-order chi connectivity index (χ0) is 10.6. The molecule has 0 atom stereocenters. The average Bonchev–Trinajstić information content (AvgIpc) is 2.15. The normalized spacial score (nSPS) is 11.8. The van der Waals surface area contributed by atoms with Gasteiger partial charge >= 0.3 is 5.97 Å². The Morgan fingerprint density at radius 2 is 1.86 bits per heavy atom. The van der Waals surface area contributed by atoms with E-state index in [2.05, 4.69) is 0 Å². The molecule has 0 aliphatic carbocycles. The Balaban J connectivity index is 3.00. The van der Waals surface area contributed by atoms with Crippen LogP contribution in [-0.2, 0) is 4.79 Å². The van der Waals surface area contributed by atoms with E-state index >= 15 is 0 Å². The summed E-state index contributed by atoms with van der Waals surface area (Å²) in [6, 6.07) is 8.14. The van der Waals surface area contributed by atoms with Gasteiger partial charge in [0.1, 0.15) is 5.57 Å². The molecule has 4 heteroatoms. The molecule has 74 valence electrons. The molecule has 0 aliphatic heterocycles. The Morgan fingerprint density at radius 3 is 2.29 bits per heavy atom. The van der Waals surface area contributed by atoms with E-state index in [1.807, 2.05) is 0 Å². The predicted octanol–water partition coefficient (Wildman–Crippen LogP) is 2.42. The van der Waals surface area contributed by atoms with Crippen LogP contribution in [0.1, 0.15) is 5.56 Å². The zero-order valence-electron chi connectivity index (χ0n) is 7.15. The summed E-state index contributed by atoms with van der Waals surface area (Å²) in [5.41, 5.74) is -0.443. The summed E-state index contributed by atoms with van der Waals surface area (Å²) in [6.07, 6.45) is -2.00. The second-order valence-electron chi connectivity index (χ2n) is 2.62. The lowest BCUT2D eigenvalue weighted by atomic mass is 10.1. The molecule has 0 saturated heterocycles. The summed E-state index contributed by atoms with van der Waals surface area (Å²) >= 11 is 0. The molecule has 1 aromatic carbocycles. The van der Waals surface area contributed by atoms with Crippen LogP contribution in [0.4, 0.5) is 8.78 Å². The largest absolute Gasteiger partial charge is 0.478 e. The minimum Gasteiger partial charge on any atom is -0.478 e. The lowest BCUT2D eigenvalue weighted by Crippen LogP contribution is -2.08. The quantitative estimate of drug-likeness (QED) is 0.757. The first kappa shape index (κ1) is 10.4. The minimum atomic E-state index is -2.97. The van der Waals surface area contributed by atoms with Crippen molar-refractivity contribution < 1.29 is 18.7 Å². The summed E-state index contributed by atoms with van der Waals surface area (Å²) < 4.78 is 24.4.